The lowest BCUT2D eigenvalue weighted by Crippen LogP contribution is -2.27. The quantitative estimate of drug-likeness (QED) is 0.733. The van der Waals surface area contributed by atoms with E-state index >= 15 is 0 Å². The van der Waals surface area contributed by atoms with Crippen LogP contribution in [0, 0.1) is 0 Å². The Bertz CT molecular complexity index is 902. The van der Waals surface area contributed by atoms with E-state index in [2.05, 4.69) is 15.3 Å². The van der Waals surface area contributed by atoms with Gasteiger partial charge in [-0.3, -0.25) is 14.2 Å². The van der Waals surface area contributed by atoms with Gasteiger partial charge in [-0.25, -0.2) is 9.97 Å². The fraction of sp³-hybridized carbons (Fsp3) is 0.250. The molecule has 8 heteroatoms. The van der Waals surface area contributed by atoms with Gasteiger partial charge in [0.25, 0.3) is 5.56 Å². The highest BCUT2D eigenvalue weighted by molar-refractivity contribution is 7.16. The standard InChI is InChI=1S/C16H16N4O3S/c1-23-14-3-2-11(9-18-14)8-17-13(21)4-6-20-10-19-15-12(16(20)22)5-7-24-15/h2-3,5,7,9-10H,4,6,8H2,1H3,(H,17,21). The monoisotopic (exact) mass is 344 g/mol. The highest BCUT2D eigenvalue weighted by atomic mass is 32.1. The topological polar surface area (TPSA) is 86.1 Å². The van der Waals surface area contributed by atoms with Crippen LogP contribution in [0.15, 0.2) is 40.9 Å². The predicted octanol–water partition coefficient (Wildman–Crippen LogP) is 1.57. The van der Waals surface area contributed by atoms with E-state index in [0.29, 0.717) is 29.2 Å². The van der Waals surface area contributed by atoms with Crippen LogP contribution in [-0.4, -0.2) is 27.6 Å². The first-order valence-electron chi connectivity index (χ1n) is 7.35. The largest absolute Gasteiger partial charge is 0.481 e. The van der Waals surface area contributed by atoms with Crippen molar-refractivity contribution in [3.05, 3.63) is 52.0 Å². The van der Waals surface area contributed by atoms with Crippen LogP contribution < -0.4 is 15.6 Å². The number of carbonyl (C=O) groups is 1. The van der Waals surface area contributed by atoms with Crippen molar-refractivity contribution >= 4 is 27.5 Å². The lowest BCUT2D eigenvalue weighted by molar-refractivity contribution is -0.121. The second kappa shape index (κ2) is 7.22. The molecule has 0 aromatic carbocycles. The third kappa shape index (κ3) is 3.60. The van der Waals surface area contributed by atoms with Gasteiger partial charge in [0.1, 0.15) is 4.83 Å². The summed E-state index contributed by atoms with van der Waals surface area (Å²) in [6.45, 7) is 0.677. The van der Waals surface area contributed by atoms with Crippen molar-refractivity contribution in [1.29, 1.82) is 0 Å². The molecular weight excluding hydrogens is 328 g/mol. The third-order valence-corrected chi connectivity index (χ3v) is 4.35. The number of hydrogen-bond donors (Lipinski definition) is 1. The summed E-state index contributed by atoms with van der Waals surface area (Å²) in [6.07, 6.45) is 3.35. The molecule has 0 saturated heterocycles. The molecule has 0 bridgehead atoms. The normalized spacial score (nSPS) is 10.7. The molecule has 3 rings (SSSR count). The molecule has 0 fully saturated rings. The molecule has 0 spiro atoms. The first kappa shape index (κ1) is 16.1. The minimum atomic E-state index is -0.136. The Balaban J connectivity index is 1.54. The van der Waals surface area contributed by atoms with Crippen molar-refractivity contribution < 1.29 is 9.53 Å². The number of nitrogens with one attached hydrogen (secondary N) is 1. The van der Waals surface area contributed by atoms with Crippen molar-refractivity contribution in [2.75, 3.05) is 7.11 Å². The van der Waals surface area contributed by atoms with E-state index in [0.717, 1.165) is 5.56 Å². The van der Waals surface area contributed by atoms with Gasteiger partial charge in [-0.2, -0.15) is 0 Å². The number of pyridine rings is 1. The van der Waals surface area contributed by atoms with E-state index < -0.39 is 0 Å². The zero-order valence-electron chi connectivity index (χ0n) is 13.1. The fourth-order valence-corrected chi connectivity index (χ4v) is 2.92. The van der Waals surface area contributed by atoms with E-state index in [4.69, 9.17) is 4.74 Å². The van der Waals surface area contributed by atoms with Crippen LogP contribution in [0.2, 0.25) is 0 Å². The van der Waals surface area contributed by atoms with Crippen molar-refractivity contribution in [1.82, 2.24) is 19.9 Å². The van der Waals surface area contributed by atoms with Gasteiger partial charge in [0.2, 0.25) is 11.8 Å². The second-order valence-corrected chi connectivity index (χ2v) is 6.01. The molecule has 1 amide bonds. The molecule has 3 aromatic rings. The summed E-state index contributed by atoms with van der Waals surface area (Å²) in [7, 11) is 1.55. The Morgan fingerprint density at radius 3 is 2.96 bits per heavy atom. The maximum atomic E-state index is 12.2. The van der Waals surface area contributed by atoms with Gasteiger partial charge in [0, 0.05) is 31.8 Å². The number of carbonyl (C=O) groups excluding carboxylic acids is 1. The second-order valence-electron chi connectivity index (χ2n) is 5.12. The van der Waals surface area contributed by atoms with E-state index in [1.807, 2.05) is 11.4 Å². The van der Waals surface area contributed by atoms with Gasteiger partial charge < -0.3 is 10.1 Å². The van der Waals surface area contributed by atoms with E-state index in [9.17, 15) is 9.59 Å². The van der Waals surface area contributed by atoms with Crippen LogP contribution in [0.25, 0.3) is 10.2 Å². The minimum Gasteiger partial charge on any atom is -0.481 e. The molecule has 0 atom stereocenters. The maximum absolute atomic E-state index is 12.2. The number of rotatable bonds is 6. The number of aryl methyl sites for hydroxylation is 1. The number of nitrogens with zero attached hydrogens (tertiary/aromatic N) is 3. The summed E-state index contributed by atoms with van der Waals surface area (Å²) < 4.78 is 6.44. The molecule has 0 aliphatic carbocycles. The van der Waals surface area contributed by atoms with Crippen LogP contribution in [0.5, 0.6) is 5.88 Å². The van der Waals surface area contributed by atoms with Gasteiger partial charge in [-0.1, -0.05) is 6.07 Å². The van der Waals surface area contributed by atoms with Crippen LogP contribution in [0.1, 0.15) is 12.0 Å². The summed E-state index contributed by atoms with van der Waals surface area (Å²) in [6, 6.07) is 5.33. The van der Waals surface area contributed by atoms with Gasteiger partial charge >= 0.3 is 0 Å². The predicted molar refractivity (Wildman–Crippen MR) is 91.1 cm³/mol. The highest BCUT2D eigenvalue weighted by Gasteiger charge is 2.07. The van der Waals surface area contributed by atoms with Crippen LogP contribution >= 0.6 is 11.3 Å². The molecule has 0 saturated carbocycles. The first-order chi connectivity index (χ1) is 11.7. The number of aromatic nitrogens is 3. The summed E-state index contributed by atoms with van der Waals surface area (Å²) in [5.41, 5.74) is 0.760. The molecule has 3 heterocycles. The fourth-order valence-electron chi connectivity index (χ4n) is 2.20. The molecule has 0 unspecified atom stereocenters. The molecular formula is C16H16N4O3S. The number of methoxy groups -OCH3 is 1. The first-order valence-corrected chi connectivity index (χ1v) is 8.23. The Morgan fingerprint density at radius 1 is 1.33 bits per heavy atom. The molecule has 3 aromatic heterocycles. The number of ether oxygens (including phenoxy) is 1. The average Bonchev–Trinajstić information content (AvgIpc) is 3.09. The maximum Gasteiger partial charge on any atom is 0.262 e. The van der Waals surface area contributed by atoms with Crippen LogP contribution in [0.4, 0.5) is 0 Å². The molecule has 24 heavy (non-hydrogen) atoms. The number of amides is 1. The average molecular weight is 344 g/mol. The van der Waals surface area contributed by atoms with Gasteiger partial charge in [-0.05, 0) is 17.0 Å². The van der Waals surface area contributed by atoms with Gasteiger partial charge in [0.05, 0.1) is 18.8 Å². The number of thiophene rings is 1. The van der Waals surface area contributed by atoms with Crippen molar-refractivity contribution in [2.45, 2.75) is 19.5 Å². The van der Waals surface area contributed by atoms with Crippen molar-refractivity contribution in [3.8, 4) is 5.88 Å². The Kier molecular flexibility index (Phi) is 4.85. The zero-order valence-corrected chi connectivity index (χ0v) is 13.9. The van der Waals surface area contributed by atoms with Gasteiger partial charge in [-0.15, -0.1) is 11.3 Å². The van der Waals surface area contributed by atoms with Crippen molar-refractivity contribution in [2.24, 2.45) is 0 Å². The highest BCUT2D eigenvalue weighted by Crippen LogP contribution is 2.13. The summed E-state index contributed by atoms with van der Waals surface area (Å²) >= 11 is 1.42. The van der Waals surface area contributed by atoms with E-state index in [1.165, 1.54) is 22.2 Å². The summed E-state index contributed by atoms with van der Waals surface area (Å²) in [4.78, 5) is 33.2. The summed E-state index contributed by atoms with van der Waals surface area (Å²) in [5.74, 6) is 0.393. The number of fused-ring (bicyclic) bond motifs is 1. The number of hydrogen-bond acceptors (Lipinski definition) is 6. The summed E-state index contributed by atoms with van der Waals surface area (Å²) in [5, 5.41) is 5.23. The SMILES string of the molecule is COc1ccc(CNC(=O)CCn2cnc3sccc3c2=O)cn1. The molecule has 1 N–H and O–H groups in total. The van der Waals surface area contributed by atoms with Crippen molar-refractivity contribution in [3.63, 3.8) is 0 Å². The third-order valence-electron chi connectivity index (χ3n) is 3.53. The lowest BCUT2D eigenvalue weighted by Gasteiger charge is -2.07. The Hall–Kier alpha value is -2.74. The lowest BCUT2D eigenvalue weighted by atomic mass is 10.2. The Labute approximate surface area is 141 Å². The smallest absolute Gasteiger partial charge is 0.262 e. The molecule has 124 valence electrons. The van der Waals surface area contributed by atoms with E-state index in [1.54, 1.807) is 25.4 Å². The molecule has 7 nitrogen and oxygen atoms in total. The van der Waals surface area contributed by atoms with Gasteiger partial charge in [0.15, 0.2) is 0 Å². The minimum absolute atomic E-state index is 0.117. The van der Waals surface area contributed by atoms with Crippen LogP contribution in [0.3, 0.4) is 0 Å². The molecule has 0 radical (unpaired) electrons. The zero-order chi connectivity index (χ0) is 16.9. The van der Waals surface area contributed by atoms with Crippen LogP contribution in [-0.2, 0) is 17.9 Å². The molecule has 0 aliphatic rings. The Morgan fingerprint density at radius 2 is 2.21 bits per heavy atom. The van der Waals surface area contributed by atoms with E-state index in [-0.39, 0.29) is 17.9 Å². The molecule has 0 aliphatic heterocycles.